The van der Waals surface area contributed by atoms with Crippen LogP contribution in [0.2, 0.25) is 0 Å². The highest BCUT2D eigenvalue weighted by Gasteiger charge is 2.07. The number of rotatable bonds is 3. The van der Waals surface area contributed by atoms with Gasteiger partial charge < -0.3 is 16.6 Å². The first kappa shape index (κ1) is 10.5. The fourth-order valence-corrected chi connectivity index (χ4v) is 1.22. The standard InChI is InChI=1S/C10H13N3O/c11-6-8-2-1-7(5-10(8)13)9(12)3-4-14/h1-2,5,9,14H,3-4,12-13H2. The van der Waals surface area contributed by atoms with Crippen LogP contribution in [0.4, 0.5) is 5.69 Å². The van der Waals surface area contributed by atoms with Crippen LogP contribution >= 0.6 is 0 Å². The quantitative estimate of drug-likeness (QED) is 0.607. The predicted molar refractivity (Wildman–Crippen MR) is 54.2 cm³/mol. The fraction of sp³-hybridized carbons (Fsp3) is 0.300. The molecular weight excluding hydrogens is 178 g/mol. The van der Waals surface area contributed by atoms with Crippen LogP contribution in [0.3, 0.4) is 0 Å². The summed E-state index contributed by atoms with van der Waals surface area (Å²) in [6, 6.07) is 6.83. The highest BCUT2D eigenvalue weighted by Crippen LogP contribution is 2.19. The van der Waals surface area contributed by atoms with Gasteiger partial charge in [-0.1, -0.05) is 6.07 Å². The number of benzene rings is 1. The smallest absolute Gasteiger partial charge is 0.101 e. The molecule has 0 amide bonds. The van der Waals surface area contributed by atoms with Gasteiger partial charge in [0.1, 0.15) is 6.07 Å². The summed E-state index contributed by atoms with van der Waals surface area (Å²) in [5, 5.41) is 17.4. The van der Waals surface area contributed by atoms with Crippen molar-refractivity contribution in [2.45, 2.75) is 12.5 Å². The van der Waals surface area contributed by atoms with Crippen LogP contribution in [0.5, 0.6) is 0 Å². The lowest BCUT2D eigenvalue weighted by Crippen LogP contribution is -2.12. The molecule has 0 saturated heterocycles. The first-order chi connectivity index (χ1) is 6.69. The molecule has 0 radical (unpaired) electrons. The third kappa shape index (κ3) is 2.22. The third-order valence-corrected chi connectivity index (χ3v) is 2.06. The second-order valence-corrected chi connectivity index (χ2v) is 3.08. The van der Waals surface area contributed by atoms with Crippen molar-refractivity contribution in [2.75, 3.05) is 12.3 Å². The van der Waals surface area contributed by atoms with Crippen molar-refractivity contribution < 1.29 is 5.11 Å². The lowest BCUT2D eigenvalue weighted by molar-refractivity contribution is 0.276. The van der Waals surface area contributed by atoms with E-state index in [0.717, 1.165) is 5.56 Å². The van der Waals surface area contributed by atoms with Crippen LogP contribution in [0.15, 0.2) is 18.2 Å². The number of hydrogen-bond acceptors (Lipinski definition) is 4. The predicted octanol–water partition coefficient (Wildman–Crippen LogP) is 0.523. The molecule has 1 unspecified atom stereocenters. The number of hydrogen-bond donors (Lipinski definition) is 3. The zero-order chi connectivity index (χ0) is 10.6. The van der Waals surface area contributed by atoms with Crippen molar-refractivity contribution in [2.24, 2.45) is 5.73 Å². The second-order valence-electron chi connectivity index (χ2n) is 3.08. The van der Waals surface area contributed by atoms with Crippen molar-refractivity contribution in [1.82, 2.24) is 0 Å². The summed E-state index contributed by atoms with van der Waals surface area (Å²) in [5.41, 5.74) is 13.1. The van der Waals surface area contributed by atoms with Gasteiger partial charge in [-0.05, 0) is 24.1 Å². The van der Waals surface area contributed by atoms with E-state index in [1.807, 2.05) is 6.07 Å². The Bertz CT molecular complexity index is 357. The van der Waals surface area contributed by atoms with Crippen LogP contribution < -0.4 is 11.5 Å². The van der Waals surface area contributed by atoms with E-state index in [0.29, 0.717) is 17.7 Å². The van der Waals surface area contributed by atoms with Crippen molar-refractivity contribution in [1.29, 1.82) is 5.26 Å². The van der Waals surface area contributed by atoms with Gasteiger partial charge in [-0.2, -0.15) is 5.26 Å². The van der Waals surface area contributed by atoms with Crippen LogP contribution in [0.1, 0.15) is 23.6 Å². The van der Waals surface area contributed by atoms with Gasteiger partial charge in [0.2, 0.25) is 0 Å². The number of nitrogen functional groups attached to an aromatic ring is 1. The molecule has 74 valence electrons. The molecule has 0 spiro atoms. The number of anilines is 1. The molecule has 1 aromatic rings. The van der Waals surface area contributed by atoms with Crippen LogP contribution in [-0.4, -0.2) is 11.7 Å². The first-order valence-corrected chi connectivity index (χ1v) is 4.35. The Labute approximate surface area is 82.8 Å². The van der Waals surface area contributed by atoms with Crippen molar-refractivity contribution in [3.8, 4) is 6.07 Å². The van der Waals surface area contributed by atoms with Gasteiger partial charge in [0.05, 0.1) is 5.56 Å². The largest absolute Gasteiger partial charge is 0.398 e. The summed E-state index contributed by atoms with van der Waals surface area (Å²) < 4.78 is 0. The zero-order valence-electron chi connectivity index (χ0n) is 7.77. The zero-order valence-corrected chi connectivity index (χ0v) is 7.77. The highest BCUT2D eigenvalue weighted by atomic mass is 16.3. The summed E-state index contributed by atoms with van der Waals surface area (Å²) in [7, 11) is 0. The molecule has 0 aliphatic carbocycles. The number of aliphatic hydroxyl groups excluding tert-OH is 1. The maximum absolute atomic E-state index is 8.70. The van der Waals surface area contributed by atoms with Gasteiger partial charge in [-0.15, -0.1) is 0 Å². The highest BCUT2D eigenvalue weighted by molar-refractivity contribution is 5.55. The van der Waals surface area contributed by atoms with E-state index in [1.54, 1.807) is 18.2 Å². The summed E-state index contributed by atoms with van der Waals surface area (Å²) in [4.78, 5) is 0. The first-order valence-electron chi connectivity index (χ1n) is 4.35. The van der Waals surface area contributed by atoms with Crippen molar-refractivity contribution in [3.05, 3.63) is 29.3 Å². The summed E-state index contributed by atoms with van der Waals surface area (Å²) in [6.45, 7) is 0.0427. The van der Waals surface area contributed by atoms with E-state index in [1.165, 1.54) is 0 Å². The van der Waals surface area contributed by atoms with E-state index < -0.39 is 0 Å². The number of nitrogens with two attached hydrogens (primary N) is 2. The topological polar surface area (TPSA) is 96.1 Å². The van der Waals surface area contributed by atoms with Gasteiger partial charge in [0.25, 0.3) is 0 Å². The van der Waals surface area contributed by atoms with E-state index in [4.69, 9.17) is 21.8 Å². The molecule has 14 heavy (non-hydrogen) atoms. The Balaban J connectivity index is 2.92. The minimum atomic E-state index is -0.227. The minimum absolute atomic E-state index is 0.0427. The van der Waals surface area contributed by atoms with Gasteiger partial charge in [0, 0.05) is 18.3 Å². The molecule has 4 heteroatoms. The summed E-state index contributed by atoms with van der Waals surface area (Å²) in [6.07, 6.45) is 0.491. The van der Waals surface area contributed by atoms with Crippen molar-refractivity contribution in [3.63, 3.8) is 0 Å². The monoisotopic (exact) mass is 191 g/mol. The molecule has 0 aromatic heterocycles. The van der Waals surface area contributed by atoms with E-state index in [2.05, 4.69) is 0 Å². The van der Waals surface area contributed by atoms with Crippen LogP contribution in [0, 0.1) is 11.3 Å². The maximum Gasteiger partial charge on any atom is 0.101 e. The lowest BCUT2D eigenvalue weighted by Gasteiger charge is -2.11. The molecule has 0 heterocycles. The van der Waals surface area contributed by atoms with E-state index in [9.17, 15) is 0 Å². The summed E-state index contributed by atoms with van der Waals surface area (Å²) in [5.74, 6) is 0. The van der Waals surface area contributed by atoms with Crippen LogP contribution in [-0.2, 0) is 0 Å². The second kappa shape index (κ2) is 4.61. The molecule has 4 nitrogen and oxygen atoms in total. The number of nitriles is 1. The average Bonchev–Trinajstić information content (AvgIpc) is 2.18. The Morgan fingerprint density at radius 1 is 1.50 bits per heavy atom. The number of aliphatic hydroxyl groups is 1. The SMILES string of the molecule is N#Cc1ccc(C(N)CCO)cc1N. The lowest BCUT2D eigenvalue weighted by atomic mass is 10.0. The maximum atomic E-state index is 8.70. The molecule has 0 aliphatic rings. The van der Waals surface area contributed by atoms with Gasteiger partial charge in [-0.25, -0.2) is 0 Å². The summed E-state index contributed by atoms with van der Waals surface area (Å²) >= 11 is 0. The van der Waals surface area contributed by atoms with Gasteiger partial charge in [-0.3, -0.25) is 0 Å². The molecule has 1 rings (SSSR count). The Kier molecular flexibility index (Phi) is 3.46. The molecular formula is C10H13N3O. The van der Waals surface area contributed by atoms with Gasteiger partial charge >= 0.3 is 0 Å². The molecule has 0 bridgehead atoms. The van der Waals surface area contributed by atoms with E-state index in [-0.39, 0.29) is 12.6 Å². The molecule has 1 aromatic carbocycles. The molecule has 0 fully saturated rings. The van der Waals surface area contributed by atoms with Crippen LogP contribution in [0.25, 0.3) is 0 Å². The average molecular weight is 191 g/mol. The van der Waals surface area contributed by atoms with Crippen molar-refractivity contribution >= 4 is 5.69 Å². The molecule has 0 saturated carbocycles. The normalized spacial score (nSPS) is 12.1. The third-order valence-electron chi connectivity index (χ3n) is 2.06. The fourth-order valence-electron chi connectivity index (χ4n) is 1.22. The Morgan fingerprint density at radius 2 is 2.21 bits per heavy atom. The van der Waals surface area contributed by atoms with E-state index >= 15 is 0 Å². The number of nitrogens with zero attached hydrogens (tertiary/aromatic N) is 1. The molecule has 5 N–H and O–H groups in total. The molecule has 0 aliphatic heterocycles. The Hall–Kier alpha value is -1.57. The van der Waals surface area contributed by atoms with Gasteiger partial charge in [0.15, 0.2) is 0 Å². The minimum Gasteiger partial charge on any atom is -0.398 e. The molecule has 1 atom stereocenters. The Morgan fingerprint density at radius 3 is 2.71 bits per heavy atom.